The van der Waals surface area contributed by atoms with Gasteiger partial charge in [-0.25, -0.2) is 0 Å². The van der Waals surface area contributed by atoms with E-state index in [1.165, 1.54) is 42.9 Å². The van der Waals surface area contributed by atoms with Crippen LogP contribution < -0.4 is 20.7 Å². The third-order valence-electron chi connectivity index (χ3n) is 6.17. The quantitative estimate of drug-likeness (QED) is 0.135. The van der Waals surface area contributed by atoms with E-state index in [0.29, 0.717) is 11.3 Å². The number of ether oxygens (including phenoxy) is 2. The zero-order valence-corrected chi connectivity index (χ0v) is 25.6. The molecule has 5 N–H and O–H groups in total. The Morgan fingerprint density at radius 3 is 2.71 bits per heavy atom. The van der Waals surface area contributed by atoms with Crippen LogP contribution in [0.4, 0.5) is 20.5 Å². The number of nitrogens with one attached hydrogen (secondary N) is 2. The van der Waals surface area contributed by atoms with Gasteiger partial charge in [-0.15, -0.1) is 0 Å². The molecule has 1 aliphatic heterocycles. The number of alkyl halides is 1. The Labute approximate surface area is 242 Å². The Morgan fingerprint density at radius 2 is 2.05 bits per heavy atom. The van der Waals surface area contributed by atoms with Crippen molar-refractivity contribution < 1.29 is 37.2 Å². The van der Waals surface area contributed by atoms with Crippen LogP contribution in [0.25, 0.3) is 11.2 Å². The maximum atomic E-state index is 16.0. The van der Waals surface area contributed by atoms with Crippen molar-refractivity contribution in [2.75, 3.05) is 24.7 Å². The van der Waals surface area contributed by atoms with Gasteiger partial charge in [-0.05, 0) is 0 Å². The monoisotopic (exact) mass is 663 g/mol. The predicted octanol–water partition coefficient (Wildman–Crippen LogP) is 2.45. The number of nitrogens with two attached hydrogens (primary N) is 1. The topological polar surface area (TPSA) is 168 Å². The number of aliphatic hydroxyl groups is 1. The van der Waals surface area contributed by atoms with Crippen LogP contribution >= 0.6 is 6.11 Å². The van der Waals surface area contributed by atoms with Crippen LogP contribution in [0.3, 0.4) is 0 Å². The van der Waals surface area contributed by atoms with Crippen LogP contribution in [0.2, 0.25) is 0 Å². The molecule has 0 aliphatic carbocycles. The Bertz CT molecular complexity index is 1460. The summed E-state index contributed by atoms with van der Waals surface area (Å²) in [6.45, 7) is 5.69. The van der Waals surface area contributed by atoms with Gasteiger partial charge in [0.2, 0.25) is 0 Å². The van der Waals surface area contributed by atoms with Gasteiger partial charge in [-0.2, -0.15) is 0 Å². The van der Waals surface area contributed by atoms with Gasteiger partial charge in [-0.3, -0.25) is 0 Å². The summed E-state index contributed by atoms with van der Waals surface area (Å²) in [5.41, 5.74) is 4.01. The molecular weight excluding hydrogens is 630 g/mol. The van der Waals surface area contributed by atoms with E-state index in [1.807, 2.05) is 0 Å². The molecule has 2 aromatic heterocycles. The first kappa shape index (κ1) is 31.2. The average molecular weight is 662 g/mol. The van der Waals surface area contributed by atoms with E-state index in [1.54, 1.807) is 27.0 Å². The van der Waals surface area contributed by atoms with E-state index >= 15 is 4.39 Å². The van der Waals surface area contributed by atoms with Crippen molar-refractivity contribution >= 4 is 50.1 Å². The fourth-order valence-electron chi connectivity index (χ4n) is 4.16. The number of anilines is 2. The summed E-state index contributed by atoms with van der Waals surface area (Å²) in [5, 5.41) is 16.7. The van der Waals surface area contributed by atoms with E-state index in [2.05, 4.69) is 40.5 Å². The van der Waals surface area contributed by atoms with Gasteiger partial charge in [-0.1, -0.05) is 0 Å². The van der Waals surface area contributed by atoms with E-state index in [9.17, 15) is 14.3 Å². The molecule has 1 aromatic carbocycles. The maximum absolute atomic E-state index is 16.0. The summed E-state index contributed by atoms with van der Waals surface area (Å²) in [7, 11) is 1.63. The minimum absolute atomic E-state index is 0.0693. The van der Waals surface area contributed by atoms with Crippen molar-refractivity contribution in [3.63, 3.8) is 0 Å². The minimum atomic E-state index is -3.42. The molecule has 6 atom stereocenters. The van der Waals surface area contributed by atoms with Gasteiger partial charge >= 0.3 is 243 Å². The Morgan fingerprint density at radius 1 is 1.34 bits per heavy atom. The molecular formula is C24H32F2N7O6PSe. The molecule has 0 unspecified atom stereocenters. The summed E-state index contributed by atoms with van der Waals surface area (Å²) >= 11 is 2.74. The molecule has 0 bridgehead atoms. The number of aliphatic hydroxyl groups excluding tert-OH is 1. The Kier molecular flexibility index (Phi) is 9.34. The third kappa shape index (κ3) is 6.69. The Hall–Kier alpha value is -2.71. The van der Waals surface area contributed by atoms with Gasteiger partial charge < -0.3 is 0 Å². The molecule has 0 radical (unpaired) electrons. The SMILES string of the molecule is CNc1nc(N)nc2c1ncn2[C@@H]1O[C@H](CO[P@@](=[Se])(N[C@@H](C)C(=O)OC(C)C)Oc2ccccc2F)[C@@H](O)[C@@]1(C)F. The number of aromatic nitrogens is 4. The number of carbonyl (C=O) groups is 1. The third-order valence-corrected chi connectivity index (χ3v) is 9.59. The number of para-hydroxylation sites is 1. The van der Waals surface area contributed by atoms with Gasteiger partial charge in [0.15, 0.2) is 0 Å². The number of fused-ring (bicyclic) bond motifs is 1. The van der Waals surface area contributed by atoms with Crippen molar-refractivity contribution in [1.82, 2.24) is 24.6 Å². The van der Waals surface area contributed by atoms with Gasteiger partial charge in [0.25, 0.3) is 0 Å². The Balaban J connectivity index is 1.58. The molecule has 0 saturated carbocycles. The second-order valence-corrected chi connectivity index (χ2v) is 14.5. The fraction of sp³-hybridized carbons (Fsp3) is 0.500. The summed E-state index contributed by atoms with van der Waals surface area (Å²) in [6.07, 6.45) is -6.74. The number of benzene rings is 1. The first-order valence-electron chi connectivity index (χ1n) is 12.6. The van der Waals surface area contributed by atoms with E-state index < -0.39 is 54.7 Å². The van der Waals surface area contributed by atoms with Crippen LogP contribution in [0.5, 0.6) is 5.75 Å². The van der Waals surface area contributed by atoms with Gasteiger partial charge in [0, 0.05) is 0 Å². The first-order chi connectivity index (χ1) is 19.3. The number of hydrogen-bond acceptors (Lipinski definition) is 12. The molecule has 17 heteroatoms. The zero-order valence-electron chi connectivity index (χ0n) is 22.9. The molecule has 13 nitrogen and oxygen atoms in total. The number of hydrogen-bond donors (Lipinski definition) is 4. The van der Waals surface area contributed by atoms with E-state index in [-0.39, 0.29) is 23.4 Å². The molecule has 3 heterocycles. The molecule has 41 heavy (non-hydrogen) atoms. The first-order valence-corrected chi connectivity index (χ1v) is 16.5. The zero-order chi connectivity index (χ0) is 30.1. The van der Waals surface area contributed by atoms with E-state index in [4.69, 9.17) is 24.3 Å². The standard InChI is InChI=1S/C24H32F2N7O6PSe/c1-12(2)37-21(35)13(3)32-40(41,39-15-9-7-6-8-14(15)25)36-10-16-18(34)24(4,26)22(38-16)33-11-29-17-19(28-5)30-23(27)31-20(17)33/h6-9,11-13,16,18,22,34H,10H2,1-5H3,(H,32,41)(H3,27,28,30,31)/t13-,16+,18+,22+,24+,40-/m0/s1. The number of nitrogen functional groups attached to an aromatic ring is 1. The van der Waals surface area contributed by atoms with Gasteiger partial charge in [0.1, 0.15) is 0 Å². The van der Waals surface area contributed by atoms with Crippen LogP contribution in [0.15, 0.2) is 30.6 Å². The summed E-state index contributed by atoms with van der Waals surface area (Å²) in [6, 6.07) is 4.70. The number of esters is 1. The van der Waals surface area contributed by atoms with Crippen molar-refractivity contribution in [1.29, 1.82) is 0 Å². The summed E-state index contributed by atoms with van der Waals surface area (Å²) in [5.74, 6) is -1.15. The number of carbonyl (C=O) groups excluding carboxylic acids is 1. The number of halogens is 2. The summed E-state index contributed by atoms with van der Waals surface area (Å²) < 4.78 is 54.8. The molecule has 1 aliphatic rings. The van der Waals surface area contributed by atoms with E-state index in [0.717, 1.165) is 0 Å². The van der Waals surface area contributed by atoms with Crippen molar-refractivity contribution in [3.05, 3.63) is 36.4 Å². The predicted molar refractivity (Wildman–Crippen MR) is 148 cm³/mol. The molecule has 1 saturated heterocycles. The van der Waals surface area contributed by atoms with Gasteiger partial charge in [0.05, 0.1) is 0 Å². The fourth-order valence-corrected chi connectivity index (χ4v) is 7.56. The molecule has 3 aromatic rings. The molecule has 0 spiro atoms. The normalized spacial score (nSPS) is 24.8. The number of imidazole rings is 1. The summed E-state index contributed by atoms with van der Waals surface area (Å²) in [4.78, 5) is 25.0. The second-order valence-electron chi connectivity index (χ2n) is 9.78. The second kappa shape index (κ2) is 12.3. The van der Waals surface area contributed by atoms with Crippen molar-refractivity contribution in [2.24, 2.45) is 0 Å². The molecule has 1 fully saturated rings. The molecule has 4 rings (SSSR count). The van der Waals surface area contributed by atoms with Crippen LogP contribution in [0, 0.1) is 5.82 Å². The molecule has 224 valence electrons. The number of nitrogens with zero attached hydrogens (tertiary/aromatic N) is 4. The average Bonchev–Trinajstić information content (AvgIpc) is 3.41. The van der Waals surface area contributed by atoms with Crippen LogP contribution in [-0.4, -0.2) is 89.4 Å². The number of rotatable bonds is 11. The van der Waals surface area contributed by atoms with Crippen LogP contribution in [0.1, 0.15) is 33.9 Å². The molecule has 0 amide bonds. The van der Waals surface area contributed by atoms with Crippen molar-refractivity contribution in [3.8, 4) is 5.75 Å². The van der Waals surface area contributed by atoms with Crippen molar-refractivity contribution in [2.45, 2.75) is 63.9 Å². The van der Waals surface area contributed by atoms with Crippen LogP contribution in [-0.2, 0) is 18.8 Å².